The molecule has 0 spiro atoms. The molecule has 0 radical (unpaired) electrons. The zero-order chi connectivity index (χ0) is 16.3. The molecule has 2 aromatic rings. The summed E-state index contributed by atoms with van der Waals surface area (Å²) in [6.07, 6.45) is 0. The highest BCUT2D eigenvalue weighted by atomic mass is 16.3. The molecule has 0 aliphatic heterocycles. The number of benzene rings is 1. The molecule has 4 heteroatoms. The predicted molar refractivity (Wildman–Crippen MR) is 88.0 cm³/mol. The summed E-state index contributed by atoms with van der Waals surface area (Å²) in [5.41, 5.74) is 3.59. The molecule has 4 nitrogen and oxygen atoms in total. The summed E-state index contributed by atoms with van der Waals surface area (Å²) < 4.78 is 2.14. The standard InChI is InChI=1S/C18H24N2O2/c1-12(2)20-13(3)10-16(14(20)4)18(22)19-17(11-21)15-8-6-5-7-9-15/h5-10,12,17,21H,11H2,1-4H3,(H,19,22)/t17-/m1/s1. The van der Waals surface area contributed by atoms with Crippen LogP contribution < -0.4 is 5.32 Å². The first-order valence-electron chi connectivity index (χ1n) is 7.60. The summed E-state index contributed by atoms with van der Waals surface area (Å²) in [6, 6.07) is 11.3. The maximum atomic E-state index is 12.6. The van der Waals surface area contributed by atoms with Crippen molar-refractivity contribution >= 4 is 5.91 Å². The van der Waals surface area contributed by atoms with Gasteiger partial charge in [-0.05, 0) is 39.3 Å². The Morgan fingerprint density at radius 3 is 2.36 bits per heavy atom. The number of carbonyl (C=O) groups is 1. The average molecular weight is 300 g/mol. The van der Waals surface area contributed by atoms with Crippen LogP contribution in [0.25, 0.3) is 0 Å². The number of hydrogen-bond acceptors (Lipinski definition) is 2. The largest absolute Gasteiger partial charge is 0.394 e. The monoisotopic (exact) mass is 300 g/mol. The highest BCUT2D eigenvalue weighted by Crippen LogP contribution is 2.21. The maximum Gasteiger partial charge on any atom is 0.253 e. The lowest BCUT2D eigenvalue weighted by molar-refractivity contribution is 0.0915. The SMILES string of the molecule is Cc1cc(C(=O)N[C@H](CO)c2ccccc2)c(C)n1C(C)C. The van der Waals surface area contributed by atoms with E-state index in [0.29, 0.717) is 11.6 Å². The van der Waals surface area contributed by atoms with E-state index in [1.54, 1.807) is 0 Å². The van der Waals surface area contributed by atoms with Crippen molar-refractivity contribution in [1.29, 1.82) is 0 Å². The number of aryl methyl sites for hydroxylation is 1. The van der Waals surface area contributed by atoms with E-state index in [0.717, 1.165) is 17.0 Å². The fourth-order valence-electron chi connectivity index (χ4n) is 2.96. The minimum absolute atomic E-state index is 0.126. The summed E-state index contributed by atoms with van der Waals surface area (Å²) >= 11 is 0. The van der Waals surface area contributed by atoms with Gasteiger partial charge in [0.05, 0.1) is 18.2 Å². The zero-order valence-electron chi connectivity index (χ0n) is 13.6. The summed E-state index contributed by atoms with van der Waals surface area (Å²) in [4.78, 5) is 12.6. The molecular weight excluding hydrogens is 276 g/mol. The van der Waals surface area contributed by atoms with Gasteiger partial charge in [0.25, 0.3) is 5.91 Å². The van der Waals surface area contributed by atoms with E-state index in [9.17, 15) is 9.90 Å². The lowest BCUT2D eigenvalue weighted by atomic mass is 10.1. The van der Waals surface area contributed by atoms with Gasteiger partial charge in [-0.15, -0.1) is 0 Å². The lowest BCUT2D eigenvalue weighted by Crippen LogP contribution is -2.31. The highest BCUT2D eigenvalue weighted by Gasteiger charge is 2.20. The fourth-order valence-corrected chi connectivity index (χ4v) is 2.96. The molecule has 1 aromatic carbocycles. The topological polar surface area (TPSA) is 54.3 Å². The maximum absolute atomic E-state index is 12.6. The second-order valence-corrected chi connectivity index (χ2v) is 5.87. The van der Waals surface area contributed by atoms with Crippen molar-refractivity contribution in [3.8, 4) is 0 Å². The molecule has 1 heterocycles. The van der Waals surface area contributed by atoms with Gasteiger partial charge in [0.15, 0.2) is 0 Å². The van der Waals surface area contributed by atoms with Crippen LogP contribution in [0.2, 0.25) is 0 Å². The summed E-state index contributed by atoms with van der Waals surface area (Å²) in [7, 11) is 0. The van der Waals surface area contributed by atoms with Crippen LogP contribution in [-0.4, -0.2) is 22.2 Å². The Labute approximate surface area is 131 Å². The predicted octanol–water partition coefficient (Wildman–Crippen LogP) is 3.15. The normalized spacial score (nSPS) is 12.5. The zero-order valence-corrected chi connectivity index (χ0v) is 13.6. The van der Waals surface area contributed by atoms with Crippen LogP contribution in [-0.2, 0) is 0 Å². The van der Waals surface area contributed by atoms with Gasteiger partial charge in [-0.25, -0.2) is 0 Å². The molecule has 22 heavy (non-hydrogen) atoms. The number of rotatable bonds is 5. The number of nitrogens with one attached hydrogen (secondary N) is 1. The molecule has 2 rings (SSSR count). The molecule has 0 aliphatic rings. The number of amides is 1. The van der Waals surface area contributed by atoms with Gasteiger partial charge < -0.3 is 15.0 Å². The highest BCUT2D eigenvalue weighted by molar-refractivity contribution is 5.96. The van der Waals surface area contributed by atoms with E-state index in [1.165, 1.54) is 0 Å². The molecule has 0 unspecified atom stereocenters. The number of aliphatic hydroxyl groups excluding tert-OH is 1. The van der Waals surface area contributed by atoms with Crippen molar-refractivity contribution in [1.82, 2.24) is 9.88 Å². The van der Waals surface area contributed by atoms with Gasteiger partial charge in [0, 0.05) is 17.4 Å². The molecule has 1 aromatic heterocycles. The molecular formula is C18H24N2O2. The van der Waals surface area contributed by atoms with Crippen molar-refractivity contribution in [2.24, 2.45) is 0 Å². The Morgan fingerprint density at radius 1 is 1.23 bits per heavy atom. The van der Waals surface area contributed by atoms with Crippen LogP contribution in [0.1, 0.15) is 53.2 Å². The van der Waals surface area contributed by atoms with Crippen molar-refractivity contribution in [2.45, 2.75) is 39.8 Å². The smallest absolute Gasteiger partial charge is 0.253 e. The molecule has 0 bridgehead atoms. The number of carbonyl (C=O) groups excluding carboxylic acids is 1. The van der Waals surface area contributed by atoms with E-state index in [-0.39, 0.29) is 12.5 Å². The van der Waals surface area contributed by atoms with Gasteiger partial charge in [-0.2, -0.15) is 0 Å². The number of nitrogens with zero attached hydrogens (tertiary/aromatic N) is 1. The van der Waals surface area contributed by atoms with Crippen molar-refractivity contribution in [2.75, 3.05) is 6.61 Å². The first-order valence-corrected chi connectivity index (χ1v) is 7.60. The van der Waals surface area contributed by atoms with E-state index < -0.39 is 6.04 Å². The van der Waals surface area contributed by atoms with Gasteiger partial charge in [-0.3, -0.25) is 4.79 Å². The number of aliphatic hydroxyl groups is 1. The van der Waals surface area contributed by atoms with Crippen LogP contribution in [0.5, 0.6) is 0 Å². The summed E-state index contributed by atoms with van der Waals surface area (Å²) in [5, 5.41) is 12.5. The first-order chi connectivity index (χ1) is 10.5. The molecule has 1 atom stereocenters. The molecule has 0 saturated heterocycles. The van der Waals surface area contributed by atoms with Gasteiger partial charge >= 0.3 is 0 Å². The molecule has 0 fully saturated rings. The number of aromatic nitrogens is 1. The third-order valence-electron chi connectivity index (χ3n) is 3.94. The quantitative estimate of drug-likeness (QED) is 0.891. The van der Waals surface area contributed by atoms with Crippen LogP contribution in [0, 0.1) is 13.8 Å². The third kappa shape index (κ3) is 3.22. The van der Waals surface area contributed by atoms with Gasteiger partial charge in [0.2, 0.25) is 0 Å². The Bertz CT molecular complexity index is 645. The molecule has 0 aliphatic carbocycles. The first kappa shape index (κ1) is 16.3. The molecule has 118 valence electrons. The van der Waals surface area contributed by atoms with Crippen LogP contribution >= 0.6 is 0 Å². The minimum atomic E-state index is -0.393. The van der Waals surface area contributed by atoms with E-state index in [2.05, 4.69) is 23.7 Å². The van der Waals surface area contributed by atoms with Gasteiger partial charge in [0.1, 0.15) is 0 Å². The van der Waals surface area contributed by atoms with Crippen molar-refractivity contribution in [3.05, 3.63) is 58.9 Å². The second-order valence-electron chi connectivity index (χ2n) is 5.87. The minimum Gasteiger partial charge on any atom is -0.394 e. The summed E-state index contributed by atoms with van der Waals surface area (Å²) in [5.74, 6) is -0.150. The lowest BCUT2D eigenvalue weighted by Gasteiger charge is -2.17. The Morgan fingerprint density at radius 2 is 1.86 bits per heavy atom. The van der Waals surface area contributed by atoms with Crippen LogP contribution in [0.3, 0.4) is 0 Å². The summed E-state index contributed by atoms with van der Waals surface area (Å²) in [6.45, 7) is 8.03. The molecule has 2 N–H and O–H groups in total. The van der Waals surface area contributed by atoms with Gasteiger partial charge in [-0.1, -0.05) is 30.3 Å². The Kier molecular flexibility index (Phi) is 5.03. The van der Waals surface area contributed by atoms with E-state index >= 15 is 0 Å². The van der Waals surface area contributed by atoms with Crippen LogP contribution in [0.4, 0.5) is 0 Å². The average Bonchev–Trinajstić information content (AvgIpc) is 2.80. The third-order valence-corrected chi connectivity index (χ3v) is 3.94. The van der Waals surface area contributed by atoms with Crippen LogP contribution in [0.15, 0.2) is 36.4 Å². The van der Waals surface area contributed by atoms with Crippen molar-refractivity contribution in [3.63, 3.8) is 0 Å². The molecule has 0 saturated carbocycles. The van der Waals surface area contributed by atoms with Crippen molar-refractivity contribution < 1.29 is 9.90 Å². The fraction of sp³-hybridized carbons (Fsp3) is 0.389. The number of hydrogen-bond donors (Lipinski definition) is 2. The van der Waals surface area contributed by atoms with E-state index in [1.807, 2.05) is 50.2 Å². The second kappa shape index (κ2) is 6.79. The van der Waals surface area contributed by atoms with E-state index in [4.69, 9.17) is 0 Å². The Balaban J connectivity index is 2.24. The molecule has 1 amide bonds. The Hall–Kier alpha value is -2.07.